The number of Topliss-reactive ketones (excluding diaryl/α,β-unsaturated/α-hetero) is 1. The van der Waals surface area contributed by atoms with Crippen molar-refractivity contribution in [1.82, 2.24) is 4.90 Å². The summed E-state index contributed by atoms with van der Waals surface area (Å²) in [6.45, 7) is 8.56. The van der Waals surface area contributed by atoms with Gasteiger partial charge in [-0.25, -0.2) is 0 Å². The molecule has 1 saturated heterocycles. The summed E-state index contributed by atoms with van der Waals surface area (Å²) in [7, 11) is 0.152. The Bertz CT molecular complexity index is 1370. The average molecular weight is 587 g/mol. The molecule has 10 nitrogen and oxygen atoms in total. The number of aryl methyl sites for hydroxylation is 1. The summed E-state index contributed by atoms with van der Waals surface area (Å²) in [6, 6.07) is 6.87. The van der Waals surface area contributed by atoms with Gasteiger partial charge in [0.15, 0.2) is 28.8 Å². The Kier molecular flexibility index (Phi) is 9.66. The monoisotopic (exact) mass is 586 g/mol. The van der Waals surface area contributed by atoms with Crippen molar-refractivity contribution in [1.29, 1.82) is 0 Å². The van der Waals surface area contributed by atoms with Gasteiger partial charge in [0, 0.05) is 49.8 Å². The summed E-state index contributed by atoms with van der Waals surface area (Å²) < 4.78 is 36.5. The van der Waals surface area contributed by atoms with Crippen molar-refractivity contribution in [2.24, 2.45) is 0 Å². The first kappa shape index (κ1) is 30.5. The van der Waals surface area contributed by atoms with Crippen LogP contribution < -0.4 is 24.3 Å². The zero-order valence-corrected chi connectivity index (χ0v) is 25.1. The van der Waals surface area contributed by atoms with Crippen LogP contribution in [-0.2, 0) is 4.57 Å². The van der Waals surface area contributed by atoms with Gasteiger partial charge in [0.05, 0.1) is 51.9 Å². The number of ether oxygens (including phenoxy) is 4. The summed E-state index contributed by atoms with van der Waals surface area (Å²) >= 11 is 0. The van der Waals surface area contributed by atoms with E-state index in [0.29, 0.717) is 52.9 Å². The van der Waals surface area contributed by atoms with E-state index in [1.165, 1.54) is 21.1 Å². The standard InChI is InChI=1S/C30H39N2O8P/c1-19-12-22-17-31-25-16-29(27(38-5)15-24(25)30(35)32(22)18-19)40-8-11-41(36,9-6-33)10-7-39-28-13-20(2)23(21(3)34)14-26(28)37-4/h13-16,22,31,33H,1,6-12,17-18H2,2-5H3/t22-,41?/m0/s1. The van der Waals surface area contributed by atoms with Crippen molar-refractivity contribution in [3.05, 3.63) is 53.1 Å². The molecule has 4 rings (SSSR count). The van der Waals surface area contributed by atoms with Crippen LogP contribution >= 0.6 is 7.14 Å². The van der Waals surface area contributed by atoms with E-state index >= 15 is 0 Å². The smallest absolute Gasteiger partial charge is 0.256 e. The average Bonchev–Trinajstić information content (AvgIpc) is 3.26. The van der Waals surface area contributed by atoms with Crippen molar-refractivity contribution in [3.8, 4) is 23.0 Å². The first-order valence-corrected chi connectivity index (χ1v) is 15.9. The Morgan fingerprint density at radius 3 is 2.29 bits per heavy atom. The van der Waals surface area contributed by atoms with Crippen molar-refractivity contribution >= 4 is 24.5 Å². The number of hydrogen-bond acceptors (Lipinski definition) is 9. The van der Waals surface area contributed by atoms with Crippen LogP contribution in [0.25, 0.3) is 0 Å². The van der Waals surface area contributed by atoms with Crippen LogP contribution in [0.4, 0.5) is 5.69 Å². The minimum Gasteiger partial charge on any atom is -0.493 e. The highest BCUT2D eigenvalue weighted by atomic mass is 31.2. The molecule has 11 heteroatoms. The largest absolute Gasteiger partial charge is 0.493 e. The molecule has 0 aromatic heterocycles. The Morgan fingerprint density at radius 1 is 1.05 bits per heavy atom. The molecule has 2 N–H and O–H groups in total. The molecule has 2 aromatic carbocycles. The number of fused-ring (bicyclic) bond motifs is 2. The highest BCUT2D eigenvalue weighted by molar-refractivity contribution is 7.64. The third-order valence-corrected chi connectivity index (χ3v) is 10.6. The number of anilines is 1. The summed E-state index contributed by atoms with van der Waals surface area (Å²) in [5, 5.41) is 13.0. The van der Waals surface area contributed by atoms with Gasteiger partial charge < -0.3 is 38.8 Å². The molecule has 2 aliphatic rings. The number of hydrogen-bond donors (Lipinski definition) is 2. The van der Waals surface area contributed by atoms with Gasteiger partial charge in [0.25, 0.3) is 5.91 Å². The second kappa shape index (κ2) is 13.0. The molecule has 2 heterocycles. The van der Waals surface area contributed by atoms with Crippen molar-refractivity contribution in [2.75, 3.05) is 70.9 Å². The van der Waals surface area contributed by atoms with Crippen LogP contribution in [0.3, 0.4) is 0 Å². The van der Waals surface area contributed by atoms with E-state index in [0.717, 1.165) is 17.6 Å². The molecule has 0 spiro atoms. The second-order valence-corrected chi connectivity index (χ2v) is 14.0. The van der Waals surface area contributed by atoms with Gasteiger partial charge in [-0.05, 0) is 44.0 Å². The molecule has 1 fully saturated rings. The molecule has 1 amide bonds. The van der Waals surface area contributed by atoms with E-state index in [-0.39, 0.29) is 56.0 Å². The number of carbonyl (C=O) groups is 2. The van der Waals surface area contributed by atoms with Gasteiger partial charge in [-0.2, -0.15) is 0 Å². The van der Waals surface area contributed by atoms with Crippen molar-refractivity contribution in [3.63, 3.8) is 0 Å². The van der Waals surface area contributed by atoms with Crippen LogP contribution in [0.1, 0.15) is 39.6 Å². The maximum atomic E-state index is 13.7. The summed E-state index contributed by atoms with van der Waals surface area (Å²) in [5.41, 5.74) is 3.53. The Hall–Kier alpha value is -3.49. The Labute approximate surface area is 241 Å². The zero-order chi connectivity index (χ0) is 29.7. The van der Waals surface area contributed by atoms with Crippen molar-refractivity contribution < 1.29 is 38.2 Å². The molecule has 2 aromatic rings. The van der Waals surface area contributed by atoms with Crippen LogP contribution in [0.2, 0.25) is 0 Å². The third-order valence-electron chi connectivity index (χ3n) is 7.59. The van der Waals surface area contributed by atoms with E-state index < -0.39 is 7.14 Å². The molecule has 0 radical (unpaired) electrons. The topological polar surface area (TPSA) is 124 Å². The van der Waals surface area contributed by atoms with Crippen LogP contribution in [0.15, 0.2) is 36.4 Å². The predicted octanol–water partition coefficient (Wildman–Crippen LogP) is 4.22. The number of nitrogens with zero attached hydrogens (tertiary/aromatic N) is 1. The molecule has 41 heavy (non-hydrogen) atoms. The third kappa shape index (κ3) is 6.88. The molecule has 222 valence electrons. The van der Waals surface area contributed by atoms with Gasteiger partial charge in [0.1, 0.15) is 0 Å². The first-order chi connectivity index (χ1) is 19.6. The number of nitrogens with one attached hydrogen (secondary N) is 1. The van der Waals surface area contributed by atoms with E-state index in [1.807, 2.05) is 11.8 Å². The summed E-state index contributed by atoms with van der Waals surface area (Å²) in [5.74, 6) is 1.59. The quantitative estimate of drug-likeness (QED) is 0.202. The number of benzene rings is 2. The normalized spacial score (nSPS) is 17.6. The highest BCUT2D eigenvalue weighted by Gasteiger charge is 2.35. The van der Waals surface area contributed by atoms with E-state index in [9.17, 15) is 19.3 Å². The van der Waals surface area contributed by atoms with Crippen LogP contribution in [-0.4, -0.2) is 93.4 Å². The van der Waals surface area contributed by atoms with Crippen molar-refractivity contribution in [2.45, 2.75) is 26.3 Å². The molecule has 0 aliphatic carbocycles. The summed E-state index contributed by atoms with van der Waals surface area (Å²) in [6.07, 6.45) is 1.36. The van der Waals surface area contributed by atoms with Gasteiger partial charge >= 0.3 is 0 Å². The molecule has 2 aliphatic heterocycles. The molecule has 0 bridgehead atoms. The maximum absolute atomic E-state index is 13.7. The minimum absolute atomic E-state index is 0.0558. The number of carbonyl (C=O) groups excluding carboxylic acids is 2. The van der Waals surface area contributed by atoms with Gasteiger partial charge in [-0.15, -0.1) is 0 Å². The maximum Gasteiger partial charge on any atom is 0.256 e. The Balaban J connectivity index is 1.41. The van der Waals surface area contributed by atoms with E-state index in [1.54, 1.807) is 24.3 Å². The summed E-state index contributed by atoms with van der Waals surface area (Å²) in [4.78, 5) is 26.9. The fraction of sp³-hybridized carbons (Fsp3) is 0.467. The van der Waals surface area contributed by atoms with E-state index in [2.05, 4.69) is 11.9 Å². The van der Waals surface area contributed by atoms with Gasteiger partial charge in [-0.3, -0.25) is 9.59 Å². The fourth-order valence-corrected chi connectivity index (χ4v) is 7.19. The molecule has 0 saturated carbocycles. The Morgan fingerprint density at radius 2 is 1.68 bits per heavy atom. The lowest BCUT2D eigenvalue weighted by Gasteiger charge is -2.21. The second-order valence-electron chi connectivity index (χ2n) is 10.5. The zero-order valence-electron chi connectivity index (χ0n) is 24.2. The SMILES string of the molecule is C=C1C[C@H]2CNc3cc(OCCP(=O)(CCO)CCOc4cc(C)c(C(C)=O)cc4OC)c(OC)cc3C(=O)N2C1. The van der Waals surface area contributed by atoms with Gasteiger partial charge in [-0.1, -0.05) is 12.2 Å². The molecule has 2 atom stereocenters. The van der Waals surface area contributed by atoms with Gasteiger partial charge in [0.2, 0.25) is 0 Å². The predicted molar refractivity (Wildman–Crippen MR) is 158 cm³/mol. The number of aliphatic hydroxyl groups excluding tert-OH is 1. The van der Waals surface area contributed by atoms with Crippen LogP contribution in [0.5, 0.6) is 23.0 Å². The lowest BCUT2D eigenvalue weighted by molar-refractivity contribution is 0.0752. The highest BCUT2D eigenvalue weighted by Crippen LogP contribution is 2.45. The number of methoxy groups -OCH3 is 2. The van der Waals surface area contributed by atoms with Crippen LogP contribution in [0, 0.1) is 6.92 Å². The molecule has 1 unspecified atom stereocenters. The molecular formula is C30H39N2O8P. The fourth-order valence-electron chi connectivity index (χ4n) is 5.31. The first-order valence-electron chi connectivity index (χ1n) is 13.7. The lowest BCUT2D eigenvalue weighted by Crippen LogP contribution is -2.36. The van der Waals surface area contributed by atoms with E-state index in [4.69, 9.17) is 18.9 Å². The molecular weight excluding hydrogens is 547 g/mol. The number of ketones is 1. The number of amides is 1. The lowest BCUT2D eigenvalue weighted by atomic mass is 10.0. The number of aliphatic hydroxyl groups is 1. The number of rotatable bonds is 13. The minimum atomic E-state index is -2.86.